The van der Waals surface area contributed by atoms with Crippen molar-refractivity contribution in [1.29, 1.82) is 0 Å². The van der Waals surface area contributed by atoms with Crippen LogP contribution in [0.2, 0.25) is 10.0 Å². The molecule has 21 heavy (non-hydrogen) atoms. The second-order valence-corrected chi connectivity index (χ2v) is 5.34. The van der Waals surface area contributed by atoms with E-state index in [4.69, 9.17) is 23.2 Å². The molecule has 0 bridgehead atoms. The summed E-state index contributed by atoms with van der Waals surface area (Å²) < 4.78 is 15.2. The monoisotopic (exact) mass is 329 g/mol. The van der Waals surface area contributed by atoms with Crippen LogP contribution >= 0.6 is 23.2 Å². The molecule has 1 aromatic carbocycles. The fourth-order valence-electron chi connectivity index (χ4n) is 1.83. The molecule has 1 heterocycles. The SMILES string of the molecule is CCCC(=O)Nc1nn(Cc2c(F)cccc2Cl)cc1Cl. The molecule has 0 aliphatic rings. The number of nitrogens with one attached hydrogen (secondary N) is 1. The van der Waals surface area contributed by atoms with Crippen LogP contribution in [0, 0.1) is 5.82 Å². The van der Waals surface area contributed by atoms with E-state index in [-0.39, 0.29) is 18.3 Å². The van der Waals surface area contributed by atoms with Crippen molar-refractivity contribution in [2.24, 2.45) is 0 Å². The summed E-state index contributed by atoms with van der Waals surface area (Å²) in [6.45, 7) is 2.04. The number of hydrogen-bond donors (Lipinski definition) is 1. The summed E-state index contributed by atoms with van der Waals surface area (Å²) in [5, 5.41) is 7.37. The van der Waals surface area contributed by atoms with Crippen LogP contribution in [0.5, 0.6) is 0 Å². The van der Waals surface area contributed by atoms with Gasteiger partial charge in [0.05, 0.1) is 6.54 Å². The zero-order valence-corrected chi connectivity index (χ0v) is 12.9. The molecule has 1 amide bonds. The predicted molar refractivity (Wildman–Crippen MR) is 81.3 cm³/mol. The third-order valence-corrected chi connectivity index (χ3v) is 3.46. The fraction of sp³-hybridized carbons (Fsp3) is 0.286. The molecule has 0 unspecified atom stereocenters. The second kappa shape index (κ2) is 6.91. The Morgan fingerprint density at radius 1 is 1.38 bits per heavy atom. The van der Waals surface area contributed by atoms with E-state index in [9.17, 15) is 9.18 Å². The third-order valence-electron chi connectivity index (χ3n) is 2.83. The normalized spacial score (nSPS) is 10.7. The quantitative estimate of drug-likeness (QED) is 0.896. The standard InChI is InChI=1S/C14H14Cl2FN3O/c1-2-4-13(21)18-14-11(16)8-20(19-14)7-9-10(15)5-3-6-12(9)17/h3,5-6,8H,2,4,7H2,1H3,(H,18,19,21). The van der Waals surface area contributed by atoms with E-state index < -0.39 is 5.82 Å². The molecule has 0 saturated carbocycles. The summed E-state index contributed by atoms with van der Waals surface area (Å²) in [6.07, 6.45) is 2.64. The number of amides is 1. The highest BCUT2D eigenvalue weighted by molar-refractivity contribution is 6.33. The van der Waals surface area contributed by atoms with Crippen molar-refractivity contribution in [3.05, 3.63) is 45.8 Å². The average Bonchev–Trinajstić information content (AvgIpc) is 2.75. The maximum Gasteiger partial charge on any atom is 0.225 e. The zero-order chi connectivity index (χ0) is 15.4. The van der Waals surface area contributed by atoms with Gasteiger partial charge in [0.2, 0.25) is 5.91 Å². The maximum atomic E-state index is 13.7. The van der Waals surface area contributed by atoms with Crippen molar-refractivity contribution in [1.82, 2.24) is 9.78 Å². The number of rotatable bonds is 5. The van der Waals surface area contributed by atoms with Crippen molar-refractivity contribution in [2.75, 3.05) is 5.32 Å². The predicted octanol–water partition coefficient (Wildman–Crippen LogP) is 4.12. The first-order chi connectivity index (χ1) is 10.0. The van der Waals surface area contributed by atoms with Gasteiger partial charge in [0.15, 0.2) is 5.82 Å². The Bertz CT molecular complexity index is 637. The first-order valence-corrected chi connectivity index (χ1v) is 7.22. The Morgan fingerprint density at radius 2 is 2.14 bits per heavy atom. The van der Waals surface area contributed by atoms with E-state index in [1.807, 2.05) is 6.92 Å². The number of carbonyl (C=O) groups is 1. The van der Waals surface area contributed by atoms with E-state index in [1.165, 1.54) is 23.0 Å². The van der Waals surface area contributed by atoms with Crippen LogP contribution in [0.3, 0.4) is 0 Å². The topological polar surface area (TPSA) is 46.9 Å². The molecule has 7 heteroatoms. The van der Waals surface area contributed by atoms with Crippen molar-refractivity contribution < 1.29 is 9.18 Å². The molecule has 0 spiro atoms. The molecule has 112 valence electrons. The van der Waals surface area contributed by atoms with E-state index in [0.29, 0.717) is 22.0 Å². The molecular weight excluding hydrogens is 316 g/mol. The lowest BCUT2D eigenvalue weighted by atomic mass is 10.2. The van der Waals surface area contributed by atoms with Gasteiger partial charge in [0.25, 0.3) is 0 Å². The summed E-state index contributed by atoms with van der Waals surface area (Å²) in [7, 11) is 0. The van der Waals surface area contributed by atoms with Crippen LogP contribution in [0.15, 0.2) is 24.4 Å². The van der Waals surface area contributed by atoms with E-state index in [2.05, 4.69) is 10.4 Å². The van der Waals surface area contributed by atoms with Crippen LogP contribution in [0.4, 0.5) is 10.2 Å². The highest BCUT2D eigenvalue weighted by Crippen LogP contribution is 2.23. The smallest absolute Gasteiger partial charge is 0.225 e. The molecule has 1 N–H and O–H groups in total. The Kier molecular flexibility index (Phi) is 5.20. The van der Waals surface area contributed by atoms with E-state index in [1.54, 1.807) is 6.07 Å². The number of hydrogen-bond acceptors (Lipinski definition) is 2. The van der Waals surface area contributed by atoms with Gasteiger partial charge in [-0.05, 0) is 18.6 Å². The Balaban J connectivity index is 2.17. The summed E-state index contributed by atoms with van der Waals surface area (Å²) >= 11 is 12.0. The van der Waals surface area contributed by atoms with Gasteiger partial charge >= 0.3 is 0 Å². The molecule has 1 aromatic heterocycles. The first kappa shape index (κ1) is 15.8. The molecule has 0 aliphatic heterocycles. The van der Waals surface area contributed by atoms with Gasteiger partial charge < -0.3 is 5.32 Å². The Hall–Kier alpha value is -1.59. The lowest BCUT2D eigenvalue weighted by Gasteiger charge is -2.06. The minimum absolute atomic E-state index is 0.134. The average molecular weight is 330 g/mol. The largest absolute Gasteiger partial charge is 0.308 e. The molecule has 4 nitrogen and oxygen atoms in total. The Morgan fingerprint density at radius 3 is 2.81 bits per heavy atom. The van der Waals surface area contributed by atoms with Crippen molar-refractivity contribution in [2.45, 2.75) is 26.3 Å². The molecule has 0 radical (unpaired) electrons. The van der Waals surface area contributed by atoms with Crippen LogP contribution in [-0.4, -0.2) is 15.7 Å². The van der Waals surface area contributed by atoms with Crippen molar-refractivity contribution in [3.8, 4) is 0 Å². The van der Waals surface area contributed by atoms with E-state index >= 15 is 0 Å². The minimum Gasteiger partial charge on any atom is -0.308 e. The number of carbonyl (C=O) groups excluding carboxylic acids is 1. The number of aromatic nitrogens is 2. The second-order valence-electron chi connectivity index (χ2n) is 4.52. The Labute approximate surface area is 131 Å². The number of benzene rings is 1. The van der Waals surface area contributed by atoms with Crippen LogP contribution < -0.4 is 5.32 Å². The number of halogens is 3. The number of anilines is 1. The van der Waals surface area contributed by atoms with E-state index in [0.717, 1.165) is 6.42 Å². The summed E-state index contributed by atoms with van der Waals surface area (Å²) in [5.41, 5.74) is 0.324. The highest BCUT2D eigenvalue weighted by atomic mass is 35.5. The molecule has 0 fully saturated rings. The molecule has 2 aromatic rings. The van der Waals surface area contributed by atoms with Gasteiger partial charge in [-0.15, -0.1) is 0 Å². The van der Waals surface area contributed by atoms with Crippen LogP contribution in [0.25, 0.3) is 0 Å². The number of nitrogens with zero attached hydrogens (tertiary/aromatic N) is 2. The molecule has 2 rings (SSSR count). The van der Waals surface area contributed by atoms with Gasteiger partial charge in [-0.25, -0.2) is 4.39 Å². The van der Waals surface area contributed by atoms with Crippen molar-refractivity contribution >= 4 is 34.9 Å². The van der Waals surface area contributed by atoms with Crippen LogP contribution in [-0.2, 0) is 11.3 Å². The van der Waals surface area contributed by atoms with Crippen LogP contribution in [0.1, 0.15) is 25.3 Å². The lowest BCUT2D eigenvalue weighted by molar-refractivity contribution is -0.116. The van der Waals surface area contributed by atoms with Gasteiger partial charge in [0.1, 0.15) is 10.8 Å². The van der Waals surface area contributed by atoms with Crippen molar-refractivity contribution in [3.63, 3.8) is 0 Å². The van der Waals surface area contributed by atoms with Gasteiger partial charge in [-0.2, -0.15) is 5.10 Å². The summed E-state index contributed by atoms with van der Waals surface area (Å²) in [6, 6.07) is 4.47. The van der Waals surface area contributed by atoms with Gasteiger partial charge in [-0.3, -0.25) is 9.48 Å². The maximum absolute atomic E-state index is 13.7. The molecule has 0 saturated heterocycles. The fourth-order valence-corrected chi connectivity index (χ4v) is 2.25. The minimum atomic E-state index is -0.411. The third kappa shape index (κ3) is 3.95. The highest BCUT2D eigenvalue weighted by Gasteiger charge is 2.13. The lowest BCUT2D eigenvalue weighted by Crippen LogP contribution is -2.12. The van der Waals surface area contributed by atoms with Gasteiger partial charge in [0, 0.05) is 23.2 Å². The summed E-state index contributed by atoms with van der Waals surface area (Å²) in [4.78, 5) is 11.5. The van der Waals surface area contributed by atoms with Gasteiger partial charge in [-0.1, -0.05) is 36.2 Å². The molecule has 0 atom stereocenters. The molecular formula is C14H14Cl2FN3O. The zero-order valence-electron chi connectivity index (χ0n) is 11.4. The molecule has 0 aliphatic carbocycles. The summed E-state index contributed by atoms with van der Waals surface area (Å²) in [5.74, 6) is -0.304. The first-order valence-electron chi connectivity index (χ1n) is 6.47.